The average Bonchev–Trinajstić information content (AvgIpc) is 2.94. The van der Waals surface area contributed by atoms with E-state index >= 15 is 0 Å². The zero-order valence-corrected chi connectivity index (χ0v) is 14.3. The molecule has 1 N–H and O–H groups in total. The Labute approximate surface area is 142 Å². The molecule has 4 nitrogen and oxygen atoms in total. The molecule has 0 saturated carbocycles. The molecule has 0 spiro atoms. The van der Waals surface area contributed by atoms with Crippen LogP contribution in [-0.4, -0.2) is 34.5 Å². The normalized spacial score (nSPS) is 18.0. The van der Waals surface area contributed by atoms with Crippen LogP contribution in [-0.2, 0) is 11.3 Å². The van der Waals surface area contributed by atoms with Crippen molar-refractivity contribution in [2.45, 2.75) is 32.5 Å². The molecule has 1 atom stereocenters. The monoisotopic (exact) mass is 331 g/mol. The second-order valence-corrected chi connectivity index (χ2v) is 6.71. The van der Waals surface area contributed by atoms with E-state index in [-0.39, 0.29) is 18.0 Å². The van der Waals surface area contributed by atoms with Crippen LogP contribution in [0, 0.1) is 0 Å². The van der Waals surface area contributed by atoms with E-state index in [9.17, 15) is 4.79 Å². The molecule has 3 rings (SSSR count). The summed E-state index contributed by atoms with van der Waals surface area (Å²) in [5.41, 5.74) is 2.32. The zero-order chi connectivity index (χ0) is 16.4. The van der Waals surface area contributed by atoms with Gasteiger partial charge in [-0.2, -0.15) is 0 Å². The molecule has 122 valence electrons. The Bertz CT molecular complexity index is 695. The van der Waals surface area contributed by atoms with E-state index < -0.39 is 0 Å². The van der Waals surface area contributed by atoms with Gasteiger partial charge < -0.3 is 9.88 Å². The molecule has 1 aliphatic heterocycles. The van der Waals surface area contributed by atoms with E-state index in [1.165, 1.54) is 5.69 Å². The topological polar surface area (TPSA) is 37.3 Å². The molecule has 1 aromatic carbocycles. The Kier molecular flexibility index (Phi) is 4.74. The lowest BCUT2D eigenvalue weighted by Crippen LogP contribution is -2.45. The summed E-state index contributed by atoms with van der Waals surface area (Å²) >= 11 is 6.18. The van der Waals surface area contributed by atoms with Crippen LogP contribution >= 0.6 is 11.6 Å². The fourth-order valence-electron chi connectivity index (χ4n) is 3.21. The summed E-state index contributed by atoms with van der Waals surface area (Å²) in [5.74, 6) is 0.0621. The van der Waals surface area contributed by atoms with Gasteiger partial charge in [0, 0.05) is 36.0 Å². The van der Waals surface area contributed by atoms with Gasteiger partial charge in [0.25, 0.3) is 0 Å². The number of rotatable bonds is 4. The molecule has 2 heterocycles. The lowest BCUT2D eigenvalue weighted by Gasteiger charge is -2.37. The molecule has 2 aromatic rings. The van der Waals surface area contributed by atoms with E-state index in [2.05, 4.69) is 39.2 Å². The van der Waals surface area contributed by atoms with Crippen molar-refractivity contribution in [3.05, 3.63) is 58.9 Å². The van der Waals surface area contributed by atoms with Crippen molar-refractivity contribution in [1.82, 2.24) is 14.8 Å². The van der Waals surface area contributed by atoms with Crippen LogP contribution < -0.4 is 5.32 Å². The number of aromatic nitrogens is 1. The van der Waals surface area contributed by atoms with Gasteiger partial charge in [-0.25, -0.2) is 0 Å². The number of carbonyl (C=O) groups is 1. The van der Waals surface area contributed by atoms with E-state index in [0.717, 1.165) is 23.7 Å². The molecule has 23 heavy (non-hydrogen) atoms. The van der Waals surface area contributed by atoms with Crippen LogP contribution in [0.2, 0.25) is 5.02 Å². The second kappa shape index (κ2) is 6.77. The molecule has 1 aromatic heterocycles. The first-order chi connectivity index (χ1) is 11.0. The number of carbonyl (C=O) groups excluding carboxylic acids is 1. The maximum Gasteiger partial charge on any atom is 0.234 e. The van der Waals surface area contributed by atoms with Gasteiger partial charge in [-0.15, -0.1) is 0 Å². The summed E-state index contributed by atoms with van der Waals surface area (Å²) in [5, 5.41) is 3.70. The van der Waals surface area contributed by atoms with Crippen LogP contribution in [0.5, 0.6) is 0 Å². The van der Waals surface area contributed by atoms with Gasteiger partial charge in [0.05, 0.1) is 12.6 Å². The molecule has 0 fully saturated rings. The molecule has 0 radical (unpaired) electrons. The van der Waals surface area contributed by atoms with Crippen LogP contribution in [0.4, 0.5) is 0 Å². The van der Waals surface area contributed by atoms with Gasteiger partial charge in [-0.05, 0) is 43.7 Å². The molecule has 0 aliphatic carbocycles. The Morgan fingerprint density at radius 2 is 2.13 bits per heavy atom. The van der Waals surface area contributed by atoms with E-state index in [1.807, 2.05) is 32.0 Å². The van der Waals surface area contributed by atoms with Gasteiger partial charge in [0.1, 0.15) is 0 Å². The highest BCUT2D eigenvalue weighted by atomic mass is 35.5. The lowest BCUT2D eigenvalue weighted by molar-refractivity contribution is -0.123. The van der Waals surface area contributed by atoms with Crippen LogP contribution in [0.1, 0.15) is 31.1 Å². The number of halogens is 1. The third-order valence-electron chi connectivity index (χ3n) is 4.10. The summed E-state index contributed by atoms with van der Waals surface area (Å²) in [4.78, 5) is 14.5. The predicted molar refractivity (Wildman–Crippen MR) is 92.6 cm³/mol. The highest BCUT2D eigenvalue weighted by Gasteiger charge is 2.30. The number of fused-ring (bicyclic) bond motifs is 1. The Morgan fingerprint density at radius 3 is 2.87 bits per heavy atom. The van der Waals surface area contributed by atoms with Crippen molar-refractivity contribution in [3.63, 3.8) is 0 Å². The fourth-order valence-corrected chi connectivity index (χ4v) is 3.41. The average molecular weight is 332 g/mol. The standard InChI is InChI=1S/C18H22ClN3O/c1-13(2)20-17(23)12-22-10-9-21-8-4-7-16(21)18(22)14-5-3-6-15(19)11-14/h3-8,11,13,18H,9-10,12H2,1-2H3,(H,20,23). The lowest BCUT2D eigenvalue weighted by atomic mass is 10.00. The predicted octanol–water partition coefficient (Wildman–Crippen LogP) is 3.07. The molecule has 0 bridgehead atoms. The Balaban J connectivity index is 1.91. The smallest absolute Gasteiger partial charge is 0.234 e. The molecule has 1 amide bonds. The summed E-state index contributed by atoms with van der Waals surface area (Å²) in [7, 11) is 0. The summed E-state index contributed by atoms with van der Waals surface area (Å²) in [6.45, 7) is 6.08. The van der Waals surface area contributed by atoms with E-state index in [0.29, 0.717) is 6.54 Å². The van der Waals surface area contributed by atoms with Gasteiger partial charge in [-0.3, -0.25) is 9.69 Å². The molecular formula is C18H22ClN3O. The van der Waals surface area contributed by atoms with Crippen LogP contribution in [0.15, 0.2) is 42.6 Å². The summed E-state index contributed by atoms with van der Waals surface area (Å²) < 4.78 is 2.25. The molecule has 5 heteroatoms. The van der Waals surface area contributed by atoms with Crippen molar-refractivity contribution in [2.24, 2.45) is 0 Å². The third-order valence-corrected chi connectivity index (χ3v) is 4.33. The number of nitrogens with one attached hydrogen (secondary N) is 1. The van der Waals surface area contributed by atoms with Gasteiger partial charge in [-0.1, -0.05) is 23.7 Å². The quantitative estimate of drug-likeness (QED) is 0.935. The van der Waals surface area contributed by atoms with E-state index in [4.69, 9.17) is 11.6 Å². The minimum absolute atomic E-state index is 0.0513. The zero-order valence-electron chi connectivity index (χ0n) is 13.5. The Hall–Kier alpha value is -1.78. The van der Waals surface area contributed by atoms with Gasteiger partial charge >= 0.3 is 0 Å². The maximum absolute atomic E-state index is 12.2. The fraction of sp³-hybridized carbons (Fsp3) is 0.389. The highest BCUT2D eigenvalue weighted by Crippen LogP contribution is 2.33. The second-order valence-electron chi connectivity index (χ2n) is 6.28. The first kappa shape index (κ1) is 16.1. The van der Waals surface area contributed by atoms with E-state index in [1.54, 1.807) is 0 Å². The number of amides is 1. The SMILES string of the molecule is CC(C)NC(=O)CN1CCn2cccc2C1c1cccc(Cl)c1. The van der Waals surface area contributed by atoms with Crippen molar-refractivity contribution in [2.75, 3.05) is 13.1 Å². The van der Waals surface area contributed by atoms with Crippen molar-refractivity contribution >= 4 is 17.5 Å². The number of benzene rings is 1. The summed E-state index contributed by atoms with van der Waals surface area (Å²) in [6, 6.07) is 12.3. The van der Waals surface area contributed by atoms with Gasteiger partial charge in [0.2, 0.25) is 5.91 Å². The van der Waals surface area contributed by atoms with Crippen LogP contribution in [0.3, 0.4) is 0 Å². The van der Waals surface area contributed by atoms with Crippen molar-refractivity contribution in [1.29, 1.82) is 0 Å². The number of hydrogen-bond acceptors (Lipinski definition) is 2. The largest absolute Gasteiger partial charge is 0.353 e. The first-order valence-corrected chi connectivity index (χ1v) is 8.36. The minimum atomic E-state index is 0.0513. The summed E-state index contributed by atoms with van der Waals surface area (Å²) in [6.07, 6.45) is 2.10. The Morgan fingerprint density at radius 1 is 1.30 bits per heavy atom. The van der Waals surface area contributed by atoms with Crippen molar-refractivity contribution < 1.29 is 4.79 Å². The highest BCUT2D eigenvalue weighted by molar-refractivity contribution is 6.30. The minimum Gasteiger partial charge on any atom is -0.353 e. The number of hydrogen-bond donors (Lipinski definition) is 1. The maximum atomic E-state index is 12.2. The third kappa shape index (κ3) is 3.59. The van der Waals surface area contributed by atoms with Crippen molar-refractivity contribution in [3.8, 4) is 0 Å². The molecular weight excluding hydrogens is 310 g/mol. The van der Waals surface area contributed by atoms with Gasteiger partial charge in [0.15, 0.2) is 0 Å². The first-order valence-electron chi connectivity index (χ1n) is 7.98. The molecule has 1 unspecified atom stereocenters. The van der Waals surface area contributed by atoms with Crippen LogP contribution in [0.25, 0.3) is 0 Å². The molecule has 0 saturated heterocycles. The molecule has 1 aliphatic rings. The number of nitrogens with zero attached hydrogens (tertiary/aromatic N) is 2.